The molecule has 0 saturated heterocycles. The number of hydrogen-bond donors (Lipinski definition) is 1. The lowest BCUT2D eigenvalue weighted by molar-refractivity contribution is -0.140. The lowest BCUT2D eigenvalue weighted by Crippen LogP contribution is -2.54. The van der Waals surface area contributed by atoms with Crippen molar-refractivity contribution in [3.63, 3.8) is 0 Å². The fourth-order valence-electron chi connectivity index (χ4n) is 3.67. The number of benzene rings is 2. The van der Waals surface area contributed by atoms with Gasteiger partial charge in [0.05, 0.1) is 11.9 Å². The monoisotopic (exact) mass is 521 g/mol. The summed E-state index contributed by atoms with van der Waals surface area (Å²) in [5.74, 6) is -0.822. The Kier molecular flexibility index (Phi) is 8.12. The maximum atomic E-state index is 14.5. The van der Waals surface area contributed by atoms with Crippen LogP contribution in [0.2, 0.25) is 0 Å². The Balaban J connectivity index is 1.94. The van der Waals surface area contributed by atoms with Gasteiger partial charge in [0.25, 0.3) is 0 Å². The Morgan fingerprint density at radius 2 is 1.72 bits per heavy atom. The second kappa shape index (κ2) is 10.7. The number of ether oxygens (including phenoxy) is 2. The third kappa shape index (κ3) is 6.87. The Morgan fingerprint density at radius 1 is 1.08 bits per heavy atom. The van der Waals surface area contributed by atoms with Crippen LogP contribution in [0.1, 0.15) is 33.3 Å². The van der Waals surface area contributed by atoms with E-state index in [4.69, 9.17) is 9.47 Å². The van der Waals surface area contributed by atoms with Crippen LogP contribution in [-0.4, -0.2) is 62.7 Å². The van der Waals surface area contributed by atoms with Gasteiger partial charge in [-0.25, -0.2) is 12.8 Å². The minimum atomic E-state index is -3.91. The number of halogens is 1. The Labute approximate surface area is 211 Å². The fraction of sp³-hybridized carbons (Fsp3) is 0.440. The zero-order valence-corrected chi connectivity index (χ0v) is 21.9. The van der Waals surface area contributed by atoms with Crippen molar-refractivity contribution in [2.45, 2.75) is 45.8 Å². The number of rotatable bonds is 8. The second-order valence-corrected chi connectivity index (χ2v) is 11.5. The third-order valence-corrected chi connectivity index (χ3v) is 6.60. The van der Waals surface area contributed by atoms with Crippen molar-refractivity contribution >= 4 is 27.5 Å². The largest absolute Gasteiger partial charge is 0.486 e. The first-order chi connectivity index (χ1) is 16.8. The number of nitrogens with one attached hydrogen (secondary N) is 1. The van der Waals surface area contributed by atoms with Crippen LogP contribution in [0.5, 0.6) is 11.5 Å². The Morgan fingerprint density at radius 3 is 2.33 bits per heavy atom. The van der Waals surface area contributed by atoms with Crippen molar-refractivity contribution < 1.29 is 31.9 Å². The molecule has 11 heteroatoms. The third-order valence-electron chi connectivity index (χ3n) is 5.46. The molecule has 3 rings (SSSR count). The summed E-state index contributed by atoms with van der Waals surface area (Å²) in [5, 5.41) is 2.82. The van der Waals surface area contributed by atoms with Crippen molar-refractivity contribution in [1.82, 2.24) is 10.2 Å². The van der Waals surface area contributed by atoms with Crippen LogP contribution < -0.4 is 19.1 Å². The number of sulfonamides is 1. The zero-order valence-electron chi connectivity index (χ0n) is 21.1. The van der Waals surface area contributed by atoms with Gasteiger partial charge in [0.2, 0.25) is 21.8 Å². The highest BCUT2D eigenvalue weighted by Gasteiger charge is 2.32. The van der Waals surface area contributed by atoms with Gasteiger partial charge in [0.1, 0.15) is 31.6 Å². The number of carbonyl (C=O) groups excluding carboxylic acids is 2. The zero-order chi connectivity index (χ0) is 26.7. The molecule has 2 aromatic rings. The normalized spacial score (nSPS) is 14.1. The summed E-state index contributed by atoms with van der Waals surface area (Å²) in [6.45, 7) is 6.79. The molecule has 1 aliphatic rings. The maximum absolute atomic E-state index is 14.5. The van der Waals surface area contributed by atoms with Gasteiger partial charge in [-0.3, -0.25) is 13.9 Å². The average Bonchev–Trinajstić information content (AvgIpc) is 2.79. The molecule has 36 heavy (non-hydrogen) atoms. The molecule has 0 unspecified atom stereocenters. The van der Waals surface area contributed by atoms with Crippen LogP contribution in [0, 0.1) is 5.82 Å². The molecule has 0 aliphatic carbocycles. The van der Waals surface area contributed by atoms with E-state index in [1.165, 1.54) is 42.2 Å². The van der Waals surface area contributed by atoms with Gasteiger partial charge in [-0.15, -0.1) is 0 Å². The summed E-state index contributed by atoms with van der Waals surface area (Å²) in [7, 11) is -3.91. The first kappa shape index (κ1) is 27.3. The van der Waals surface area contributed by atoms with Gasteiger partial charge in [0, 0.05) is 23.7 Å². The SMILES string of the molecule is C[C@@H](C(=O)NC(C)(C)C)N(Cc1ccccc1F)C(=O)CN(c1ccc2c(c1)OCCO2)S(C)(=O)=O. The summed E-state index contributed by atoms with van der Waals surface area (Å²) in [5.41, 5.74) is -0.165. The molecule has 0 saturated carbocycles. The van der Waals surface area contributed by atoms with E-state index >= 15 is 0 Å². The minimum absolute atomic E-state index is 0.200. The molecule has 2 aromatic carbocycles. The fourth-order valence-corrected chi connectivity index (χ4v) is 4.51. The van der Waals surface area contributed by atoms with Crippen LogP contribution in [0.4, 0.5) is 10.1 Å². The van der Waals surface area contributed by atoms with Gasteiger partial charge in [-0.05, 0) is 45.9 Å². The summed E-state index contributed by atoms with van der Waals surface area (Å²) >= 11 is 0. The van der Waals surface area contributed by atoms with E-state index in [9.17, 15) is 22.4 Å². The molecule has 0 fully saturated rings. The predicted molar refractivity (Wildman–Crippen MR) is 134 cm³/mol. The van der Waals surface area contributed by atoms with Crippen LogP contribution in [0.15, 0.2) is 42.5 Å². The quantitative estimate of drug-likeness (QED) is 0.573. The first-order valence-electron chi connectivity index (χ1n) is 11.5. The average molecular weight is 522 g/mol. The van der Waals surface area contributed by atoms with E-state index in [-0.39, 0.29) is 17.8 Å². The summed E-state index contributed by atoms with van der Waals surface area (Å²) < 4.78 is 51.8. The van der Waals surface area contributed by atoms with E-state index in [1.807, 2.05) is 0 Å². The van der Waals surface area contributed by atoms with E-state index in [1.54, 1.807) is 32.9 Å². The van der Waals surface area contributed by atoms with Gasteiger partial charge in [0.15, 0.2) is 11.5 Å². The predicted octanol–water partition coefficient (Wildman–Crippen LogP) is 2.69. The highest BCUT2D eigenvalue weighted by atomic mass is 32.2. The van der Waals surface area contributed by atoms with Gasteiger partial charge < -0.3 is 19.7 Å². The molecule has 1 atom stereocenters. The van der Waals surface area contributed by atoms with E-state index in [0.717, 1.165) is 10.6 Å². The number of nitrogens with zero attached hydrogens (tertiary/aromatic N) is 2. The molecule has 0 spiro atoms. The van der Waals surface area contributed by atoms with E-state index < -0.39 is 45.8 Å². The van der Waals surface area contributed by atoms with Gasteiger partial charge in [-0.2, -0.15) is 0 Å². The molecule has 0 aromatic heterocycles. The lowest BCUT2D eigenvalue weighted by atomic mass is 10.1. The molecule has 1 aliphatic heterocycles. The summed E-state index contributed by atoms with van der Waals surface area (Å²) in [4.78, 5) is 27.7. The van der Waals surface area contributed by atoms with E-state index in [2.05, 4.69) is 5.32 Å². The Hall–Kier alpha value is -3.34. The highest BCUT2D eigenvalue weighted by Crippen LogP contribution is 2.34. The maximum Gasteiger partial charge on any atom is 0.244 e. The molecule has 2 amide bonds. The summed E-state index contributed by atoms with van der Waals surface area (Å²) in [6.07, 6.45) is 0.980. The van der Waals surface area contributed by atoms with Crippen molar-refractivity contribution in [2.75, 3.05) is 30.3 Å². The Bertz CT molecular complexity index is 1230. The van der Waals surface area contributed by atoms with Gasteiger partial charge >= 0.3 is 0 Å². The van der Waals surface area contributed by atoms with Crippen LogP contribution in [0.3, 0.4) is 0 Å². The molecule has 0 radical (unpaired) electrons. The standard InChI is InChI=1S/C25H32FN3O6S/c1-17(24(31)27-25(2,3)4)28(15-18-8-6-7-9-20(18)26)23(30)16-29(36(5,32)33)19-10-11-21-22(14-19)35-13-12-34-21/h6-11,14,17H,12-13,15-16H2,1-5H3,(H,27,31)/t17-/m0/s1. The van der Waals surface area contributed by atoms with Crippen LogP contribution in [0.25, 0.3) is 0 Å². The van der Waals surface area contributed by atoms with Gasteiger partial charge in [-0.1, -0.05) is 18.2 Å². The number of carbonyl (C=O) groups is 2. The second-order valence-electron chi connectivity index (χ2n) is 9.63. The minimum Gasteiger partial charge on any atom is -0.486 e. The molecular formula is C25H32FN3O6S. The lowest BCUT2D eigenvalue weighted by Gasteiger charge is -2.33. The topological polar surface area (TPSA) is 105 Å². The first-order valence-corrected chi connectivity index (χ1v) is 13.3. The van der Waals surface area contributed by atoms with Crippen LogP contribution in [-0.2, 0) is 26.2 Å². The molecule has 1 heterocycles. The number of amides is 2. The van der Waals surface area contributed by atoms with Crippen molar-refractivity contribution in [3.05, 3.63) is 53.8 Å². The van der Waals surface area contributed by atoms with Crippen LogP contribution >= 0.6 is 0 Å². The summed E-state index contributed by atoms with van der Waals surface area (Å²) in [6, 6.07) is 9.49. The molecule has 1 N–H and O–H groups in total. The molecule has 9 nitrogen and oxygen atoms in total. The van der Waals surface area contributed by atoms with Crippen molar-refractivity contribution in [3.8, 4) is 11.5 Å². The molecule has 0 bridgehead atoms. The molecule has 196 valence electrons. The highest BCUT2D eigenvalue weighted by molar-refractivity contribution is 7.92. The van der Waals surface area contributed by atoms with E-state index in [0.29, 0.717) is 24.7 Å². The van der Waals surface area contributed by atoms with Crippen molar-refractivity contribution in [2.24, 2.45) is 0 Å². The smallest absolute Gasteiger partial charge is 0.244 e. The van der Waals surface area contributed by atoms with Crippen molar-refractivity contribution in [1.29, 1.82) is 0 Å². The number of fused-ring (bicyclic) bond motifs is 1. The number of anilines is 1. The number of hydrogen-bond acceptors (Lipinski definition) is 6. The molecular weight excluding hydrogens is 489 g/mol.